The Labute approximate surface area is 125 Å². The van der Waals surface area contributed by atoms with E-state index in [1.54, 1.807) is 13.2 Å². The molecule has 1 aromatic rings. The van der Waals surface area contributed by atoms with Crippen molar-refractivity contribution in [1.29, 1.82) is 0 Å². The van der Waals surface area contributed by atoms with Gasteiger partial charge >= 0.3 is 5.97 Å². The Balaban J connectivity index is 2.80. The Morgan fingerprint density at radius 3 is 2.57 bits per heavy atom. The normalized spacial score (nSPS) is 10.4. The number of methoxy groups -OCH3 is 2. The van der Waals surface area contributed by atoms with Crippen molar-refractivity contribution < 1.29 is 19.1 Å². The van der Waals surface area contributed by atoms with E-state index in [0.717, 1.165) is 12.0 Å². The quantitative estimate of drug-likeness (QED) is 0.570. The van der Waals surface area contributed by atoms with E-state index in [2.05, 4.69) is 4.74 Å². The summed E-state index contributed by atoms with van der Waals surface area (Å²) >= 11 is 0. The average molecular weight is 291 g/mol. The molecule has 0 saturated heterocycles. The summed E-state index contributed by atoms with van der Waals surface area (Å²) in [4.78, 5) is 24.9. The molecular formula is C16H21NO4. The molecule has 0 heterocycles. The summed E-state index contributed by atoms with van der Waals surface area (Å²) in [6.07, 6.45) is 3.89. The molecule has 0 fully saturated rings. The molecular weight excluding hydrogens is 270 g/mol. The van der Waals surface area contributed by atoms with Crippen LogP contribution >= 0.6 is 0 Å². The lowest BCUT2D eigenvalue weighted by atomic mass is 10.2. The first-order chi connectivity index (χ1) is 10.1. The van der Waals surface area contributed by atoms with Crippen LogP contribution in [0.2, 0.25) is 0 Å². The molecule has 1 aromatic carbocycles. The van der Waals surface area contributed by atoms with Crippen LogP contribution in [0.4, 0.5) is 0 Å². The second-order valence-corrected chi connectivity index (χ2v) is 4.41. The van der Waals surface area contributed by atoms with Crippen molar-refractivity contribution in [2.45, 2.75) is 13.3 Å². The van der Waals surface area contributed by atoms with Gasteiger partial charge in [0, 0.05) is 18.2 Å². The van der Waals surface area contributed by atoms with Gasteiger partial charge in [-0.3, -0.25) is 9.59 Å². The minimum absolute atomic E-state index is 0.0422. The Hall–Kier alpha value is -2.30. The molecule has 0 aliphatic carbocycles. The highest BCUT2D eigenvalue weighted by atomic mass is 16.5. The molecule has 1 rings (SSSR count). The van der Waals surface area contributed by atoms with E-state index in [4.69, 9.17) is 4.74 Å². The number of ether oxygens (including phenoxy) is 2. The number of nitrogens with zero attached hydrogens (tertiary/aromatic N) is 1. The summed E-state index contributed by atoms with van der Waals surface area (Å²) in [7, 11) is 2.89. The number of rotatable bonds is 7. The van der Waals surface area contributed by atoms with Crippen LogP contribution in [0, 0.1) is 0 Å². The van der Waals surface area contributed by atoms with Gasteiger partial charge in [-0.1, -0.05) is 25.1 Å². The summed E-state index contributed by atoms with van der Waals surface area (Å²) in [6.45, 7) is 2.41. The highest BCUT2D eigenvalue weighted by Gasteiger charge is 2.14. The lowest BCUT2D eigenvalue weighted by Crippen LogP contribution is -2.35. The number of amides is 1. The molecule has 5 heteroatoms. The largest absolute Gasteiger partial charge is 0.496 e. The predicted octanol–water partition coefficient (Wildman–Crippen LogP) is 2.12. The first-order valence-corrected chi connectivity index (χ1v) is 6.79. The molecule has 0 bridgehead atoms. The fourth-order valence-corrected chi connectivity index (χ4v) is 1.83. The highest BCUT2D eigenvalue weighted by Crippen LogP contribution is 2.18. The van der Waals surface area contributed by atoms with Gasteiger partial charge in [-0.2, -0.15) is 0 Å². The van der Waals surface area contributed by atoms with Gasteiger partial charge in [-0.05, 0) is 18.6 Å². The van der Waals surface area contributed by atoms with E-state index in [-0.39, 0.29) is 12.5 Å². The Morgan fingerprint density at radius 1 is 1.24 bits per heavy atom. The molecule has 0 N–H and O–H groups in total. The molecule has 1 amide bonds. The van der Waals surface area contributed by atoms with Gasteiger partial charge in [-0.15, -0.1) is 0 Å². The van der Waals surface area contributed by atoms with Crippen molar-refractivity contribution in [3.63, 3.8) is 0 Å². The lowest BCUT2D eigenvalue weighted by Gasteiger charge is -2.18. The fourth-order valence-electron chi connectivity index (χ4n) is 1.83. The topological polar surface area (TPSA) is 55.8 Å². The zero-order valence-electron chi connectivity index (χ0n) is 12.7. The predicted molar refractivity (Wildman–Crippen MR) is 80.9 cm³/mol. The van der Waals surface area contributed by atoms with Crippen molar-refractivity contribution in [1.82, 2.24) is 4.90 Å². The molecule has 0 aromatic heterocycles. The van der Waals surface area contributed by atoms with Gasteiger partial charge in [0.1, 0.15) is 12.3 Å². The van der Waals surface area contributed by atoms with E-state index < -0.39 is 5.97 Å². The third-order valence-electron chi connectivity index (χ3n) is 2.90. The number of benzene rings is 1. The summed E-state index contributed by atoms with van der Waals surface area (Å²) < 4.78 is 9.82. The maximum atomic E-state index is 12.1. The van der Waals surface area contributed by atoms with Crippen molar-refractivity contribution in [3.8, 4) is 5.75 Å². The molecule has 5 nitrogen and oxygen atoms in total. The molecule has 0 saturated carbocycles. The third kappa shape index (κ3) is 5.30. The molecule has 0 aliphatic rings. The van der Waals surface area contributed by atoms with Crippen LogP contribution in [0.15, 0.2) is 30.3 Å². The smallest absolute Gasteiger partial charge is 0.325 e. The first kappa shape index (κ1) is 16.8. The summed E-state index contributed by atoms with van der Waals surface area (Å²) in [5, 5.41) is 0. The Kier molecular flexibility index (Phi) is 7.01. The van der Waals surface area contributed by atoms with E-state index in [1.807, 2.05) is 31.2 Å². The minimum Gasteiger partial charge on any atom is -0.496 e. The van der Waals surface area contributed by atoms with Gasteiger partial charge in [0.2, 0.25) is 5.91 Å². The van der Waals surface area contributed by atoms with Gasteiger partial charge in [0.05, 0.1) is 14.2 Å². The molecule has 0 unspecified atom stereocenters. The van der Waals surface area contributed by atoms with Crippen LogP contribution in [0.5, 0.6) is 5.75 Å². The zero-order chi connectivity index (χ0) is 15.7. The van der Waals surface area contributed by atoms with Gasteiger partial charge in [-0.25, -0.2) is 0 Å². The van der Waals surface area contributed by atoms with Gasteiger partial charge < -0.3 is 14.4 Å². The first-order valence-electron chi connectivity index (χ1n) is 6.79. The Morgan fingerprint density at radius 2 is 1.95 bits per heavy atom. The van der Waals surface area contributed by atoms with Crippen molar-refractivity contribution >= 4 is 18.0 Å². The molecule has 0 aliphatic heterocycles. The van der Waals surface area contributed by atoms with Crippen LogP contribution in [-0.4, -0.2) is 44.1 Å². The van der Waals surface area contributed by atoms with E-state index in [0.29, 0.717) is 12.3 Å². The van der Waals surface area contributed by atoms with Crippen LogP contribution in [0.1, 0.15) is 18.9 Å². The zero-order valence-corrected chi connectivity index (χ0v) is 12.7. The van der Waals surface area contributed by atoms with Crippen LogP contribution < -0.4 is 4.74 Å². The second-order valence-electron chi connectivity index (χ2n) is 4.41. The number of hydrogen-bond donors (Lipinski definition) is 0. The van der Waals surface area contributed by atoms with Crippen molar-refractivity contribution in [2.24, 2.45) is 0 Å². The van der Waals surface area contributed by atoms with Crippen LogP contribution in [0.3, 0.4) is 0 Å². The van der Waals surface area contributed by atoms with Crippen molar-refractivity contribution in [3.05, 3.63) is 35.9 Å². The maximum absolute atomic E-state index is 12.1. The molecule has 0 radical (unpaired) electrons. The summed E-state index contributed by atoms with van der Waals surface area (Å²) in [6, 6.07) is 7.40. The highest BCUT2D eigenvalue weighted by molar-refractivity contribution is 5.94. The minimum atomic E-state index is -0.428. The van der Waals surface area contributed by atoms with Crippen LogP contribution in [0.25, 0.3) is 6.08 Å². The average Bonchev–Trinajstić information content (AvgIpc) is 2.52. The fraction of sp³-hybridized carbons (Fsp3) is 0.375. The summed E-state index contributed by atoms with van der Waals surface area (Å²) in [5.41, 5.74) is 0.808. The van der Waals surface area contributed by atoms with Crippen LogP contribution in [-0.2, 0) is 14.3 Å². The van der Waals surface area contributed by atoms with E-state index >= 15 is 0 Å². The number of hydrogen-bond acceptors (Lipinski definition) is 4. The number of esters is 1. The summed E-state index contributed by atoms with van der Waals surface area (Å²) in [5.74, 6) is 0.0345. The van der Waals surface area contributed by atoms with Gasteiger partial charge in [0.25, 0.3) is 0 Å². The van der Waals surface area contributed by atoms with Gasteiger partial charge in [0.15, 0.2) is 0 Å². The lowest BCUT2D eigenvalue weighted by molar-refractivity contribution is -0.145. The monoisotopic (exact) mass is 291 g/mol. The van der Waals surface area contributed by atoms with E-state index in [1.165, 1.54) is 18.1 Å². The third-order valence-corrected chi connectivity index (χ3v) is 2.90. The number of para-hydroxylation sites is 1. The number of carbonyl (C=O) groups excluding carboxylic acids is 2. The second kappa shape index (κ2) is 8.79. The Bertz CT molecular complexity index is 511. The van der Waals surface area contributed by atoms with E-state index in [9.17, 15) is 9.59 Å². The molecule has 0 spiro atoms. The van der Waals surface area contributed by atoms with Crippen molar-refractivity contribution in [2.75, 3.05) is 27.3 Å². The SMILES string of the molecule is CCCN(CC(=O)OC)C(=O)C=Cc1ccccc1OC. The molecule has 0 atom stereocenters. The maximum Gasteiger partial charge on any atom is 0.325 e. The standard InChI is InChI=1S/C16H21NO4/c1-4-11-17(12-16(19)21-3)15(18)10-9-13-7-5-6-8-14(13)20-2/h5-10H,4,11-12H2,1-3H3. The molecule has 114 valence electrons. The molecule has 21 heavy (non-hydrogen) atoms. The number of carbonyl (C=O) groups is 2.